The van der Waals surface area contributed by atoms with Crippen molar-refractivity contribution < 1.29 is 9.84 Å². The van der Waals surface area contributed by atoms with Gasteiger partial charge < -0.3 is 15.2 Å². The molecule has 4 heteroatoms. The molecule has 2 N–H and O–H groups in total. The molecule has 16 heavy (non-hydrogen) atoms. The van der Waals surface area contributed by atoms with Gasteiger partial charge in [0, 0.05) is 6.04 Å². The van der Waals surface area contributed by atoms with Crippen molar-refractivity contribution in [3.63, 3.8) is 0 Å². The molecule has 0 spiro atoms. The third kappa shape index (κ3) is 2.32. The van der Waals surface area contributed by atoms with Crippen LogP contribution in [0.15, 0.2) is 18.2 Å². The van der Waals surface area contributed by atoms with Gasteiger partial charge in [0.1, 0.15) is 5.75 Å². The summed E-state index contributed by atoms with van der Waals surface area (Å²) in [7, 11) is 1.57. The minimum absolute atomic E-state index is 0.144. The lowest BCUT2D eigenvalue weighted by atomic mass is 10.0. The van der Waals surface area contributed by atoms with Gasteiger partial charge in [-0.15, -0.1) is 0 Å². The molecule has 2 rings (SSSR count). The Hall–Kier alpha value is -0.770. The number of halogens is 1. The minimum atomic E-state index is -0.492. The number of hydrogen-bond donors (Lipinski definition) is 2. The van der Waals surface area contributed by atoms with Crippen molar-refractivity contribution >= 4 is 11.6 Å². The molecule has 1 aliphatic heterocycles. The van der Waals surface area contributed by atoms with Gasteiger partial charge in [-0.2, -0.15) is 0 Å². The molecular weight excluding hydrogens is 226 g/mol. The summed E-state index contributed by atoms with van der Waals surface area (Å²) >= 11 is 5.94. The number of nitrogens with one attached hydrogen (secondary N) is 1. The van der Waals surface area contributed by atoms with Crippen molar-refractivity contribution in [2.45, 2.75) is 25.0 Å². The summed E-state index contributed by atoms with van der Waals surface area (Å²) < 4.78 is 5.13. The average molecular weight is 242 g/mol. The van der Waals surface area contributed by atoms with E-state index in [0.717, 1.165) is 24.9 Å². The van der Waals surface area contributed by atoms with Crippen LogP contribution in [0.1, 0.15) is 24.5 Å². The maximum atomic E-state index is 10.2. The summed E-state index contributed by atoms with van der Waals surface area (Å²) in [6, 6.07) is 5.54. The number of aliphatic hydroxyl groups is 1. The van der Waals surface area contributed by atoms with E-state index in [1.165, 1.54) is 0 Å². The topological polar surface area (TPSA) is 41.5 Å². The minimum Gasteiger partial charge on any atom is -0.495 e. The highest BCUT2D eigenvalue weighted by Crippen LogP contribution is 2.30. The van der Waals surface area contributed by atoms with E-state index in [1.54, 1.807) is 19.2 Å². The van der Waals surface area contributed by atoms with E-state index in [0.29, 0.717) is 10.8 Å². The molecule has 0 radical (unpaired) electrons. The Morgan fingerprint density at radius 3 is 3.00 bits per heavy atom. The largest absolute Gasteiger partial charge is 0.495 e. The van der Waals surface area contributed by atoms with Gasteiger partial charge in [0.25, 0.3) is 0 Å². The van der Waals surface area contributed by atoms with E-state index in [-0.39, 0.29) is 6.04 Å². The molecular formula is C12H16ClNO2. The summed E-state index contributed by atoms with van der Waals surface area (Å²) in [5, 5.41) is 14.0. The standard InChI is InChI=1S/C12H16ClNO2/c1-16-11-7-8(4-5-9(11)13)12(15)10-3-2-6-14-10/h4-5,7,10,12,14-15H,2-3,6H2,1H3. The fourth-order valence-electron chi connectivity index (χ4n) is 2.07. The van der Waals surface area contributed by atoms with Crippen LogP contribution in [0.2, 0.25) is 5.02 Å². The quantitative estimate of drug-likeness (QED) is 0.852. The molecule has 88 valence electrons. The Morgan fingerprint density at radius 1 is 1.56 bits per heavy atom. The number of hydrogen-bond acceptors (Lipinski definition) is 3. The molecule has 1 fully saturated rings. The maximum absolute atomic E-state index is 10.2. The first kappa shape index (κ1) is 11.7. The monoisotopic (exact) mass is 241 g/mol. The van der Waals surface area contributed by atoms with Crippen molar-refractivity contribution in [3.8, 4) is 5.75 Å². The third-order valence-corrected chi connectivity index (χ3v) is 3.31. The van der Waals surface area contributed by atoms with Gasteiger partial charge in [-0.05, 0) is 37.1 Å². The van der Waals surface area contributed by atoms with E-state index in [4.69, 9.17) is 16.3 Å². The van der Waals surface area contributed by atoms with E-state index in [1.807, 2.05) is 6.07 Å². The van der Waals surface area contributed by atoms with Gasteiger partial charge in [0.2, 0.25) is 0 Å². The van der Waals surface area contributed by atoms with Crippen molar-refractivity contribution in [3.05, 3.63) is 28.8 Å². The summed E-state index contributed by atoms with van der Waals surface area (Å²) in [5.74, 6) is 0.608. The number of rotatable bonds is 3. The van der Waals surface area contributed by atoms with Gasteiger partial charge in [-0.25, -0.2) is 0 Å². The molecule has 1 heterocycles. The zero-order valence-corrected chi connectivity index (χ0v) is 10.00. The average Bonchev–Trinajstić information content (AvgIpc) is 2.82. The Balaban J connectivity index is 2.19. The number of aliphatic hydroxyl groups excluding tert-OH is 1. The number of methoxy groups -OCH3 is 1. The van der Waals surface area contributed by atoms with E-state index in [2.05, 4.69) is 5.32 Å². The Labute approximate surface area is 100 Å². The first-order valence-corrected chi connectivity index (χ1v) is 5.85. The van der Waals surface area contributed by atoms with Crippen LogP contribution in [0, 0.1) is 0 Å². The van der Waals surface area contributed by atoms with Crippen LogP contribution in [0.5, 0.6) is 5.75 Å². The van der Waals surface area contributed by atoms with Crippen molar-refractivity contribution in [1.82, 2.24) is 5.32 Å². The van der Waals surface area contributed by atoms with Crippen LogP contribution in [0.4, 0.5) is 0 Å². The normalized spacial score (nSPS) is 22.1. The second-order valence-corrected chi connectivity index (χ2v) is 4.45. The molecule has 3 nitrogen and oxygen atoms in total. The van der Waals surface area contributed by atoms with Crippen molar-refractivity contribution in [1.29, 1.82) is 0 Å². The van der Waals surface area contributed by atoms with Gasteiger partial charge in [-0.3, -0.25) is 0 Å². The third-order valence-electron chi connectivity index (χ3n) is 3.00. The predicted octanol–water partition coefficient (Wildman–Crippen LogP) is 2.13. The van der Waals surface area contributed by atoms with Crippen LogP contribution >= 0.6 is 11.6 Å². The van der Waals surface area contributed by atoms with Crippen LogP contribution < -0.4 is 10.1 Å². The molecule has 1 aromatic carbocycles. The van der Waals surface area contributed by atoms with Gasteiger partial charge >= 0.3 is 0 Å². The molecule has 1 saturated heterocycles. The molecule has 0 saturated carbocycles. The van der Waals surface area contributed by atoms with E-state index in [9.17, 15) is 5.11 Å². The summed E-state index contributed by atoms with van der Waals surface area (Å²) in [5.41, 5.74) is 0.848. The number of benzene rings is 1. The van der Waals surface area contributed by atoms with Gasteiger partial charge in [0.15, 0.2) is 0 Å². The molecule has 0 aromatic heterocycles. The molecule has 2 atom stereocenters. The first-order valence-electron chi connectivity index (χ1n) is 5.47. The zero-order valence-electron chi connectivity index (χ0n) is 9.24. The van der Waals surface area contributed by atoms with Gasteiger partial charge in [-0.1, -0.05) is 17.7 Å². The Morgan fingerprint density at radius 2 is 2.38 bits per heavy atom. The van der Waals surface area contributed by atoms with E-state index < -0.39 is 6.10 Å². The van der Waals surface area contributed by atoms with Gasteiger partial charge in [0.05, 0.1) is 18.2 Å². The summed E-state index contributed by atoms with van der Waals surface area (Å²) in [4.78, 5) is 0. The lowest BCUT2D eigenvalue weighted by Gasteiger charge is -2.19. The summed E-state index contributed by atoms with van der Waals surface area (Å²) in [6.45, 7) is 0.979. The van der Waals surface area contributed by atoms with E-state index >= 15 is 0 Å². The summed E-state index contributed by atoms with van der Waals surface area (Å²) in [6.07, 6.45) is 1.63. The molecule has 0 bridgehead atoms. The Kier molecular flexibility index (Phi) is 3.69. The maximum Gasteiger partial charge on any atom is 0.137 e. The molecule has 1 aliphatic rings. The van der Waals surface area contributed by atoms with Crippen LogP contribution in [-0.2, 0) is 0 Å². The molecule has 2 unspecified atom stereocenters. The SMILES string of the molecule is COc1cc(C(O)C2CCCN2)ccc1Cl. The lowest BCUT2D eigenvalue weighted by Crippen LogP contribution is -2.28. The van der Waals surface area contributed by atoms with Crippen LogP contribution in [0.25, 0.3) is 0 Å². The molecule has 0 aliphatic carbocycles. The van der Waals surface area contributed by atoms with Crippen molar-refractivity contribution in [2.75, 3.05) is 13.7 Å². The lowest BCUT2D eigenvalue weighted by molar-refractivity contribution is 0.137. The fourth-order valence-corrected chi connectivity index (χ4v) is 2.27. The second-order valence-electron chi connectivity index (χ2n) is 4.04. The van der Waals surface area contributed by atoms with Crippen LogP contribution in [-0.4, -0.2) is 24.8 Å². The molecule has 1 aromatic rings. The predicted molar refractivity (Wildman–Crippen MR) is 64.0 cm³/mol. The Bertz CT molecular complexity index is 364. The zero-order chi connectivity index (χ0) is 11.5. The highest BCUT2D eigenvalue weighted by Gasteiger charge is 2.24. The highest BCUT2D eigenvalue weighted by molar-refractivity contribution is 6.32. The smallest absolute Gasteiger partial charge is 0.137 e. The molecule has 0 amide bonds. The van der Waals surface area contributed by atoms with Crippen molar-refractivity contribution in [2.24, 2.45) is 0 Å². The number of ether oxygens (including phenoxy) is 1. The fraction of sp³-hybridized carbons (Fsp3) is 0.500. The highest BCUT2D eigenvalue weighted by atomic mass is 35.5. The second kappa shape index (κ2) is 5.04. The van der Waals surface area contributed by atoms with Crippen LogP contribution in [0.3, 0.4) is 0 Å². The first-order chi connectivity index (χ1) is 7.72.